The Kier molecular flexibility index (Phi) is 4.81. The molecule has 0 spiro atoms. The minimum absolute atomic E-state index is 0.158. The molecule has 1 N–H and O–H groups in total. The molecule has 0 unspecified atom stereocenters. The highest BCUT2D eigenvalue weighted by Gasteiger charge is 2.27. The van der Waals surface area contributed by atoms with Gasteiger partial charge in [-0.3, -0.25) is 0 Å². The number of ether oxygens (including phenoxy) is 3. The second kappa shape index (κ2) is 5.66. The molecule has 4 heteroatoms. The Morgan fingerprint density at radius 2 is 1.86 bits per heavy atom. The van der Waals surface area contributed by atoms with Gasteiger partial charge in [0, 0.05) is 39.5 Å². The van der Waals surface area contributed by atoms with Crippen LogP contribution in [0.3, 0.4) is 0 Å². The number of rotatable bonds is 5. The van der Waals surface area contributed by atoms with Crippen LogP contribution in [0.25, 0.3) is 0 Å². The van der Waals surface area contributed by atoms with Crippen LogP contribution in [-0.2, 0) is 14.2 Å². The van der Waals surface area contributed by atoms with Crippen molar-refractivity contribution in [2.45, 2.75) is 31.6 Å². The first-order valence-corrected chi connectivity index (χ1v) is 5.08. The van der Waals surface area contributed by atoms with Crippen LogP contribution in [0.4, 0.5) is 0 Å². The van der Waals surface area contributed by atoms with Gasteiger partial charge >= 0.3 is 0 Å². The van der Waals surface area contributed by atoms with Crippen molar-refractivity contribution < 1.29 is 14.2 Å². The molecule has 0 aromatic heterocycles. The van der Waals surface area contributed by atoms with Gasteiger partial charge in [-0.05, 0) is 19.8 Å². The molecular weight excluding hydrogens is 182 g/mol. The summed E-state index contributed by atoms with van der Waals surface area (Å²) in [6.45, 7) is 4.63. The van der Waals surface area contributed by atoms with Gasteiger partial charge in [-0.1, -0.05) is 0 Å². The van der Waals surface area contributed by atoms with E-state index in [9.17, 15) is 0 Å². The SMILES string of the molecule is COC(CNC1(C)CCOCC1)OC. The van der Waals surface area contributed by atoms with Gasteiger partial charge < -0.3 is 19.5 Å². The Hall–Kier alpha value is -0.160. The van der Waals surface area contributed by atoms with Gasteiger partial charge in [-0.15, -0.1) is 0 Å². The molecule has 1 rings (SSSR count). The second-order valence-corrected chi connectivity index (χ2v) is 3.95. The van der Waals surface area contributed by atoms with E-state index in [1.165, 1.54) is 0 Å². The van der Waals surface area contributed by atoms with E-state index in [1.807, 2.05) is 0 Å². The lowest BCUT2D eigenvalue weighted by molar-refractivity contribution is -0.104. The Balaban J connectivity index is 2.27. The largest absolute Gasteiger partial charge is 0.381 e. The van der Waals surface area contributed by atoms with E-state index in [4.69, 9.17) is 14.2 Å². The molecule has 1 aliphatic rings. The van der Waals surface area contributed by atoms with Crippen LogP contribution in [0, 0.1) is 0 Å². The van der Waals surface area contributed by atoms with Crippen molar-refractivity contribution >= 4 is 0 Å². The molecule has 0 aromatic carbocycles. The molecule has 0 radical (unpaired) electrons. The van der Waals surface area contributed by atoms with Crippen molar-refractivity contribution in [1.29, 1.82) is 0 Å². The lowest BCUT2D eigenvalue weighted by Gasteiger charge is -2.35. The van der Waals surface area contributed by atoms with Gasteiger partial charge in [0.1, 0.15) is 0 Å². The minimum Gasteiger partial charge on any atom is -0.381 e. The quantitative estimate of drug-likeness (QED) is 0.670. The first-order valence-electron chi connectivity index (χ1n) is 5.08. The smallest absolute Gasteiger partial charge is 0.169 e. The maximum atomic E-state index is 5.32. The lowest BCUT2D eigenvalue weighted by Crippen LogP contribution is -2.49. The highest BCUT2D eigenvalue weighted by molar-refractivity contribution is 4.85. The average Bonchev–Trinajstić information content (AvgIpc) is 2.20. The van der Waals surface area contributed by atoms with Crippen molar-refractivity contribution in [3.05, 3.63) is 0 Å². The predicted octanol–water partition coefficient (Wildman–Crippen LogP) is 0.764. The van der Waals surface area contributed by atoms with Gasteiger partial charge in [0.15, 0.2) is 6.29 Å². The predicted molar refractivity (Wildman–Crippen MR) is 54.3 cm³/mol. The van der Waals surface area contributed by atoms with Crippen LogP contribution in [0.1, 0.15) is 19.8 Å². The monoisotopic (exact) mass is 203 g/mol. The molecule has 1 aliphatic heterocycles. The highest BCUT2D eigenvalue weighted by Crippen LogP contribution is 2.19. The summed E-state index contributed by atoms with van der Waals surface area (Å²) in [6.07, 6.45) is 1.94. The summed E-state index contributed by atoms with van der Waals surface area (Å²) in [5.74, 6) is 0. The van der Waals surface area contributed by atoms with Crippen molar-refractivity contribution in [2.24, 2.45) is 0 Å². The number of methoxy groups -OCH3 is 2. The van der Waals surface area contributed by atoms with Crippen molar-refractivity contribution in [3.63, 3.8) is 0 Å². The first-order chi connectivity index (χ1) is 6.70. The van der Waals surface area contributed by atoms with E-state index in [2.05, 4.69) is 12.2 Å². The zero-order chi connectivity index (χ0) is 10.4. The molecule has 0 amide bonds. The van der Waals surface area contributed by atoms with Gasteiger partial charge in [-0.25, -0.2) is 0 Å². The molecule has 0 aliphatic carbocycles. The normalized spacial score (nSPS) is 21.4. The number of hydrogen-bond donors (Lipinski definition) is 1. The van der Waals surface area contributed by atoms with Crippen molar-refractivity contribution in [2.75, 3.05) is 34.0 Å². The maximum Gasteiger partial charge on any atom is 0.169 e. The van der Waals surface area contributed by atoms with Gasteiger partial charge in [0.05, 0.1) is 0 Å². The minimum atomic E-state index is -0.158. The summed E-state index contributed by atoms with van der Waals surface area (Å²) < 4.78 is 15.6. The van der Waals surface area contributed by atoms with E-state index in [-0.39, 0.29) is 11.8 Å². The van der Waals surface area contributed by atoms with E-state index in [0.29, 0.717) is 0 Å². The second-order valence-electron chi connectivity index (χ2n) is 3.95. The average molecular weight is 203 g/mol. The number of hydrogen-bond acceptors (Lipinski definition) is 4. The molecule has 0 saturated carbocycles. The van der Waals surface area contributed by atoms with E-state index < -0.39 is 0 Å². The van der Waals surface area contributed by atoms with Gasteiger partial charge in [0.2, 0.25) is 0 Å². The van der Waals surface area contributed by atoms with Crippen LogP contribution in [0.5, 0.6) is 0 Å². The molecule has 1 heterocycles. The van der Waals surface area contributed by atoms with Crippen LogP contribution in [0.15, 0.2) is 0 Å². The van der Waals surface area contributed by atoms with E-state index in [0.717, 1.165) is 32.6 Å². The van der Waals surface area contributed by atoms with E-state index in [1.54, 1.807) is 14.2 Å². The Morgan fingerprint density at radius 3 is 2.36 bits per heavy atom. The third-order valence-electron chi connectivity index (χ3n) is 2.82. The summed E-state index contributed by atoms with van der Waals surface area (Å²) in [5.41, 5.74) is 0.174. The standard InChI is InChI=1S/C10H21NO3/c1-10(4-6-14-7-5-10)11-8-9(12-2)13-3/h9,11H,4-8H2,1-3H3. The van der Waals surface area contributed by atoms with Crippen LogP contribution in [-0.4, -0.2) is 45.8 Å². The first kappa shape index (κ1) is 11.9. The van der Waals surface area contributed by atoms with Gasteiger partial charge in [0.25, 0.3) is 0 Å². The van der Waals surface area contributed by atoms with Crippen LogP contribution < -0.4 is 5.32 Å². The number of nitrogens with one attached hydrogen (secondary N) is 1. The fourth-order valence-electron chi connectivity index (χ4n) is 1.59. The fraction of sp³-hybridized carbons (Fsp3) is 1.00. The molecule has 0 atom stereocenters. The summed E-state index contributed by atoms with van der Waals surface area (Å²) in [4.78, 5) is 0. The molecule has 1 fully saturated rings. The zero-order valence-electron chi connectivity index (χ0n) is 9.34. The summed E-state index contributed by atoms with van der Waals surface area (Å²) in [5, 5.41) is 3.47. The highest BCUT2D eigenvalue weighted by atomic mass is 16.7. The molecule has 0 bridgehead atoms. The molecule has 0 aromatic rings. The summed E-state index contributed by atoms with van der Waals surface area (Å²) in [7, 11) is 3.31. The van der Waals surface area contributed by atoms with Crippen molar-refractivity contribution in [1.82, 2.24) is 5.32 Å². The fourth-order valence-corrected chi connectivity index (χ4v) is 1.59. The summed E-state index contributed by atoms with van der Waals surface area (Å²) >= 11 is 0. The molecule has 4 nitrogen and oxygen atoms in total. The summed E-state index contributed by atoms with van der Waals surface area (Å²) in [6, 6.07) is 0. The van der Waals surface area contributed by atoms with E-state index >= 15 is 0 Å². The molecular formula is C10H21NO3. The Bertz CT molecular complexity index is 153. The van der Waals surface area contributed by atoms with Gasteiger partial charge in [-0.2, -0.15) is 0 Å². The Morgan fingerprint density at radius 1 is 1.29 bits per heavy atom. The topological polar surface area (TPSA) is 39.7 Å². The zero-order valence-corrected chi connectivity index (χ0v) is 9.34. The van der Waals surface area contributed by atoms with Crippen LogP contribution in [0.2, 0.25) is 0 Å². The molecule has 14 heavy (non-hydrogen) atoms. The molecule has 1 saturated heterocycles. The lowest BCUT2D eigenvalue weighted by atomic mass is 9.92. The van der Waals surface area contributed by atoms with Crippen molar-refractivity contribution in [3.8, 4) is 0 Å². The Labute approximate surface area is 85.9 Å². The molecule has 84 valence electrons. The van der Waals surface area contributed by atoms with Crippen LogP contribution >= 0.6 is 0 Å². The third-order valence-corrected chi connectivity index (χ3v) is 2.82. The maximum absolute atomic E-state index is 5.32. The third kappa shape index (κ3) is 3.53.